The molecule has 0 aliphatic carbocycles. The lowest BCUT2D eigenvalue weighted by atomic mass is 9.86. The molecule has 0 bridgehead atoms. The number of nitrogens with zero attached hydrogens (tertiary/aromatic N) is 1. The van der Waals surface area contributed by atoms with Crippen LogP contribution in [0.5, 0.6) is 0 Å². The van der Waals surface area contributed by atoms with Gasteiger partial charge in [-0.05, 0) is 53.9 Å². The maximum absolute atomic E-state index is 11.1. The van der Waals surface area contributed by atoms with Gasteiger partial charge < -0.3 is 5.11 Å². The maximum atomic E-state index is 11.1. The van der Waals surface area contributed by atoms with Crippen LogP contribution >= 0.6 is 15.9 Å². The smallest absolute Gasteiger partial charge is 0.309 e. The molecule has 0 aliphatic rings. The first kappa shape index (κ1) is 12.1. The van der Waals surface area contributed by atoms with Crippen LogP contribution in [0.4, 0.5) is 0 Å². The molecule has 2 N–H and O–H groups in total. The second-order valence-corrected chi connectivity index (χ2v) is 5.55. The van der Waals surface area contributed by atoms with Gasteiger partial charge in [-0.15, -0.1) is 0 Å². The number of carboxylic acids is 1. The maximum Gasteiger partial charge on any atom is 0.309 e. The van der Waals surface area contributed by atoms with Gasteiger partial charge in [0.1, 0.15) is 4.60 Å². The minimum absolute atomic E-state index is 0.496. The van der Waals surface area contributed by atoms with E-state index < -0.39 is 11.4 Å². The number of rotatable bonds is 3. The molecule has 90 valence electrons. The van der Waals surface area contributed by atoms with Crippen molar-refractivity contribution in [3.05, 3.63) is 28.4 Å². The lowest BCUT2D eigenvalue weighted by molar-refractivity contribution is -0.146. The summed E-state index contributed by atoms with van der Waals surface area (Å²) in [5, 5.41) is 17.0. The largest absolute Gasteiger partial charge is 0.481 e. The quantitative estimate of drug-likeness (QED) is 0.915. The van der Waals surface area contributed by atoms with E-state index >= 15 is 0 Å². The second kappa shape index (κ2) is 4.14. The Balaban J connectivity index is 2.37. The molecule has 0 unspecified atom stereocenters. The number of hydrogen-bond donors (Lipinski definition) is 2. The Morgan fingerprint density at radius 1 is 1.53 bits per heavy atom. The van der Waals surface area contributed by atoms with Gasteiger partial charge in [-0.3, -0.25) is 9.89 Å². The second-order valence-electron chi connectivity index (χ2n) is 4.75. The third-order valence-corrected chi connectivity index (χ3v) is 3.40. The predicted molar refractivity (Wildman–Crippen MR) is 68.9 cm³/mol. The van der Waals surface area contributed by atoms with Crippen molar-refractivity contribution in [1.82, 2.24) is 10.2 Å². The van der Waals surface area contributed by atoms with Gasteiger partial charge in [-0.25, -0.2) is 0 Å². The van der Waals surface area contributed by atoms with Crippen molar-refractivity contribution in [3.8, 4) is 0 Å². The lowest BCUT2D eigenvalue weighted by Crippen LogP contribution is -2.26. The fraction of sp³-hybridized carbons (Fsp3) is 0.333. The van der Waals surface area contributed by atoms with Crippen LogP contribution in [0.2, 0.25) is 0 Å². The van der Waals surface area contributed by atoms with Crippen molar-refractivity contribution < 1.29 is 9.90 Å². The first-order chi connectivity index (χ1) is 7.90. The number of carbonyl (C=O) groups is 1. The summed E-state index contributed by atoms with van der Waals surface area (Å²) in [4.78, 5) is 11.1. The van der Waals surface area contributed by atoms with Crippen molar-refractivity contribution in [2.75, 3.05) is 0 Å². The highest BCUT2D eigenvalue weighted by atomic mass is 79.9. The Labute approximate surface area is 107 Å². The zero-order valence-electron chi connectivity index (χ0n) is 9.62. The molecular weight excluding hydrogens is 284 g/mol. The summed E-state index contributed by atoms with van der Waals surface area (Å²) in [5.74, 6) is -0.788. The number of aromatic nitrogens is 2. The molecule has 0 fully saturated rings. The first-order valence-electron chi connectivity index (χ1n) is 5.26. The normalized spacial score (nSPS) is 11.9. The van der Waals surface area contributed by atoms with Crippen LogP contribution in [0.3, 0.4) is 0 Å². The van der Waals surface area contributed by atoms with Crippen LogP contribution in [0.15, 0.2) is 22.8 Å². The molecule has 2 aromatic rings. The van der Waals surface area contributed by atoms with E-state index in [0.29, 0.717) is 6.42 Å². The molecular formula is C12H13BrN2O2. The lowest BCUT2D eigenvalue weighted by Gasteiger charge is -2.18. The fourth-order valence-electron chi connectivity index (χ4n) is 1.72. The van der Waals surface area contributed by atoms with Crippen molar-refractivity contribution in [2.24, 2.45) is 5.41 Å². The van der Waals surface area contributed by atoms with Crippen molar-refractivity contribution in [1.29, 1.82) is 0 Å². The molecule has 1 heterocycles. The monoisotopic (exact) mass is 296 g/mol. The highest BCUT2D eigenvalue weighted by Crippen LogP contribution is 2.26. The zero-order valence-corrected chi connectivity index (χ0v) is 11.2. The highest BCUT2D eigenvalue weighted by molar-refractivity contribution is 9.10. The molecule has 2 rings (SSSR count). The molecule has 0 aliphatic heterocycles. The fourth-order valence-corrected chi connectivity index (χ4v) is 2.13. The summed E-state index contributed by atoms with van der Waals surface area (Å²) in [6.45, 7) is 3.45. The number of nitrogens with one attached hydrogen (secondary N) is 1. The average Bonchev–Trinajstić information content (AvgIpc) is 2.60. The molecule has 0 saturated carbocycles. The molecule has 0 saturated heterocycles. The summed E-state index contributed by atoms with van der Waals surface area (Å²) in [6.07, 6.45) is 0.496. The Bertz CT molecular complexity index is 575. The Morgan fingerprint density at radius 2 is 2.24 bits per heavy atom. The van der Waals surface area contributed by atoms with Crippen LogP contribution in [0.25, 0.3) is 10.9 Å². The van der Waals surface area contributed by atoms with Gasteiger partial charge in [0.25, 0.3) is 0 Å². The Morgan fingerprint density at radius 3 is 2.88 bits per heavy atom. The molecule has 17 heavy (non-hydrogen) atoms. The molecule has 0 spiro atoms. The summed E-state index contributed by atoms with van der Waals surface area (Å²) in [5.41, 5.74) is 1.10. The van der Waals surface area contributed by atoms with E-state index in [1.165, 1.54) is 0 Å². The molecule has 1 aromatic heterocycles. The summed E-state index contributed by atoms with van der Waals surface area (Å²) >= 11 is 3.38. The molecule has 5 heteroatoms. The van der Waals surface area contributed by atoms with E-state index in [-0.39, 0.29) is 0 Å². The van der Waals surface area contributed by atoms with Crippen LogP contribution in [0.1, 0.15) is 19.4 Å². The molecule has 4 nitrogen and oxygen atoms in total. The van der Waals surface area contributed by atoms with Crippen molar-refractivity contribution in [2.45, 2.75) is 20.3 Å². The van der Waals surface area contributed by atoms with Crippen LogP contribution in [0, 0.1) is 5.41 Å². The van der Waals surface area contributed by atoms with Crippen molar-refractivity contribution >= 4 is 32.8 Å². The third-order valence-electron chi connectivity index (χ3n) is 2.80. The standard InChI is InChI=1S/C12H13BrN2O2/c1-12(2,11(16)17)6-7-3-4-9-8(5-7)10(13)15-14-9/h3-5H,6H2,1-2H3,(H,14,15)(H,16,17). The summed E-state index contributed by atoms with van der Waals surface area (Å²) in [7, 11) is 0. The number of H-pyrrole nitrogens is 1. The Kier molecular flexibility index (Phi) is 2.95. The molecule has 0 amide bonds. The van der Waals surface area contributed by atoms with E-state index in [0.717, 1.165) is 21.1 Å². The zero-order chi connectivity index (χ0) is 12.6. The van der Waals surface area contributed by atoms with Gasteiger partial charge in [0.2, 0.25) is 0 Å². The molecule has 0 radical (unpaired) electrons. The molecule has 1 aromatic carbocycles. The number of fused-ring (bicyclic) bond motifs is 1. The van der Waals surface area contributed by atoms with Gasteiger partial charge in [0.15, 0.2) is 0 Å². The van der Waals surface area contributed by atoms with E-state index in [1.807, 2.05) is 18.2 Å². The SMILES string of the molecule is CC(C)(Cc1ccc2n[nH]c(Br)c2c1)C(=O)O. The number of aliphatic carboxylic acids is 1. The number of halogens is 1. The topological polar surface area (TPSA) is 66.0 Å². The van der Waals surface area contributed by atoms with E-state index in [2.05, 4.69) is 26.1 Å². The Hall–Kier alpha value is -1.36. The van der Waals surface area contributed by atoms with Gasteiger partial charge in [-0.2, -0.15) is 5.10 Å². The van der Waals surface area contributed by atoms with Crippen LogP contribution in [-0.2, 0) is 11.2 Å². The summed E-state index contributed by atoms with van der Waals surface area (Å²) in [6, 6.07) is 5.78. The van der Waals surface area contributed by atoms with Crippen LogP contribution in [-0.4, -0.2) is 21.3 Å². The minimum Gasteiger partial charge on any atom is -0.481 e. The van der Waals surface area contributed by atoms with E-state index in [9.17, 15) is 4.79 Å². The van der Waals surface area contributed by atoms with Gasteiger partial charge in [0.05, 0.1) is 10.9 Å². The van der Waals surface area contributed by atoms with E-state index in [4.69, 9.17) is 5.11 Å². The number of benzene rings is 1. The van der Waals surface area contributed by atoms with Gasteiger partial charge in [-0.1, -0.05) is 6.07 Å². The van der Waals surface area contributed by atoms with Gasteiger partial charge in [0, 0.05) is 5.39 Å². The number of aromatic amines is 1. The number of hydrogen-bond acceptors (Lipinski definition) is 2. The van der Waals surface area contributed by atoms with E-state index in [1.54, 1.807) is 13.8 Å². The minimum atomic E-state index is -0.788. The molecule has 0 atom stereocenters. The van der Waals surface area contributed by atoms with Crippen molar-refractivity contribution in [3.63, 3.8) is 0 Å². The summed E-state index contributed by atoms with van der Waals surface area (Å²) < 4.78 is 0.822. The van der Waals surface area contributed by atoms with Crippen LogP contribution < -0.4 is 0 Å². The average molecular weight is 297 g/mol. The predicted octanol–water partition coefficient (Wildman–Crippen LogP) is 2.98. The van der Waals surface area contributed by atoms with Gasteiger partial charge >= 0.3 is 5.97 Å². The first-order valence-corrected chi connectivity index (χ1v) is 6.05. The highest BCUT2D eigenvalue weighted by Gasteiger charge is 2.27. The third kappa shape index (κ3) is 2.34. The number of carboxylic acid groups (broad SMARTS) is 1.